The van der Waals surface area contributed by atoms with E-state index in [1.165, 1.54) is 6.42 Å². The third-order valence-corrected chi connectivity index (χ3v) is 2.78. The zero-order valence-corrected chi connectivity index (χ0v) is 9.91. The fourth-order valence-corrected chi connectivity index (χ4v) is 1.93. The molecule has 0 spiro atoms. The predicted octanol–water partition coefficient (Wildman–Crippen LogP) is 0.817. The predicted molar refractivity (Wildman–Crippen MR) is 61.1 cm³/mol. The minimum Gasteiger partial charge on any atom is -0.338 e. The molecule has 0 aromatic carbocycles. The third kappa shape index (κ3) is 3.28. The van der Waals surface area contributed by atoms with Crippen LogP contribution in [0.25, 0.3) is 0 Å². The Kier molecular flexibility index (Phi) is 4.30. The summed E-state index contributed by atoms with van der Waals surface area (Å²) in [4.78, 5) is 6.75. The van der Waals surface area contributed by atoms with E-state index >= 15 is 0 Å². The van der Waals surface area contributed by atoms with Crippen molar-refractivity contribution in [2.75, 3.05) is 26.2 Å². The van der Waals surface area contributed by atoms with E-state index in [9.17, 15) is 0 Å². The van der Waals surface area contributed by atoms with Gasteiger partial charge < -0.3 is 9.84 Å². The molecule has 0 radical (unpaired) electrons. The van der Waals surface area contributed by atoms with Gasteiger partial charge in [-0.2, -0.15) is 4.98 Å². The van der Waals surface area contributed by atoms with Crippen molar-refractivity contribution in [1.29, 1.82) is 0 Å². The summed E-state index contributed by atoms with van der Waals surface area (Å²) >= 11 is 0. The van der Waals surface area contributed by atoms with Crippen molar-refractivity contribution in [3.8, 4) is 0 Å². The van der Waals surface area contributed by atoms with E-state index in [2.05, 4.69) is 27.3 Å². The molecule has 2 heterocycles. The quantitative estimate of drug-likeness (QED) is 0.820. The summed E-state index contributed by atoms with van der Waals surface area (Å²) in [5.74, 6) is 1.59. The summed E-state index contributed by atoms with van der Waals surface area (Å²) in [6.45, 7) is 7.25. The highest BCUT2D eigenvalue weighted by Crippen LogP contribution is 2.05. The highest BCUT2D eigenvalue weighted by atomic mass is 16.5. The van der Waals surface area contributed by atoms with E-state index in [4.69, 9.17) is 4.52 Å². The Labute approximate surface area is 96.2 Å². The van der Waals surface area contributed by atoms with Crippen molar-refractivity contribution in [3.63, 3.8) is 0 Å². The van der Waals surface area contributed by atoms with Crippen LogP contribution in [0.15, 0.2) is 4.52 Å². The van der Waals surface area contributed by atoms with Gasteiger partial charge in [-0.05, 0) is 25.9 Å². The van der Waals surface area contributed by atoms with Gasteiger partial charge >= 0.3 is 0 Å². The minimum atomic E-state index is 0.755. The highest BCUT2D eigenvalue weighted by Gasteiger charge is 2.13. The van der Waals surface area contributed by atoms with Gasteiger partial charge in [-0.15, -0.1) is 0 Å². The molecular weight excluding hydrogens is 204 g/mol. The number of nitrogens with one attached hydrogen (secondary N) is 1. The first-order valence-electron chi connectivity index (χ1n) is 6.13. The van der Waals surface area contributed by atoms with Gasteiger partial charge in [0, 0.05) is 19.5 Å². The van der Waals surface area contributed by atoms with E-state index in [1.807, 2.05) is 0 Å². The number of hydrogen-bond acceptors (Lipinski definition) is 5. The van der Waals surface area contributed by atoms with Crippen LogP contribution in [-0.2, 0) is 13.0 Å². The standard InChI is InChI=1S/C11H20N4O/c1-2-4-10-13-11(16-14-10)9-15-7-3-5-12-6-8-15/h12H,2-9H2,1H3. The van der Waals surface area contributed by atoms with Gasteiger partial charge in [0.05, 0.1) is 6.54 Å². The Morgan fingerprint density at radius 1 is 1.38 bits per heavy atom. The van der Waals surface area contributed by atoms with Gasteiger partial charge in [-0.3, -0.25) is 4.90 Å². The molecule has 5 nitrogen and oxygen atoms in total. The Balaban J connectivity index is 1.86. The summed E-state index contributed by atoms with van der Waals surface area (Å²) in [7, 11) is 0. The monoisotopic (exact) mass is 224 g/mol. The molecule has 0 amide bonds. The van der Waals surface area contributed by atoms with Crippen molar-refractivity contribution in [2.24, 2.45) is 0 Å². The molecular formula is C11H20N4O. The second-order valence-corrected chi connectivity index (χ2v) is 4.23. The molecule has 1 aliphatic heterocycles. The van der Waals surface area contributed by atoms with Crippen LogP contribution in [0.3, 0.4) is 0 Å². The zero-order chi connectivity index (χ0) is 11.2. The van der Waals surface area contributed by atoms with Crippen molar-refractivity contribution in [3.05, 3.63) is 11.7 Å². The maximum Gasteiger partial charge on any atom is 0.240 e. The van der Waals surface area contributed by atoms with Crippen LogP contribution in [0.4, 0.5) is 0 Å². The largest absolute Gasteiger partial charge is 0.338 e. The van der Waals surface area contributed by atoms with Crippen LogP contribution in [0, 0.1) is 0 Å². The molecule has 1 fully saturated rings. The Hall–Kier alpha value is -0.940. The second-order valence-electron chi connectivity index (χ2n) is 4.23. The summed E-state index contributed by atoms with van der Waals surface area (Å²) < 4.78 is 5.24. The first kappa shape index (κ1) is 11.5. The van der Waals surface area contributed by atoms with E-state index in [1.54, 1.807) is 0 Å². The number of hydrogen-bond donors (Lipinski definition) is 1. The smallest absolute Gasteiger partial charge is 0.240 e. The fourth-order valence-electron chi connectivity index (χ4n) is 1.93. The zero-order valence-electron chi connectivity index (χ0n) is 9.91. The lowest BCUT2D eigenvalue weighted by atomic mass is 10.3. The second kappa shape index (κ2) is 5.96. The van der Waals surface area contributed by atoms with Crippen molar-refractivity contribution in [1.82, 2.24) is 20.4 Å². The lowest BCUT2D eigenvalue weighted by Crippen LogP contribution is -2.27. The van der Waals surface area contributed by atoms with Crippen LogP contribution >= 0.6 is 0 Å². The normalized spacial score (nSPS) is 18.6. The maximum atomic E-state index is 5.24. The molecule has 0 aliphatic carbocycles. The molecule has 90 valence electrons. The average Bonchev–Trinajstić information content (AvgIpc) is 2.56. The molecule has 1 aromatic heterocycles. The SMILES string of the molecule is CCCc1noc(CN2CCCNCC2)n1. The fraction of sp³-hybridized carbons (Fsp3) is 0.818. The van der Waals surface area contributed by atoms with Gasteiger partial charge in [0.15, 0.2) is 5.82 Å². The molecule has 0 unspecified atom stereocenters. The van der Waals surface area contributed by atoms with Crippen molar-refractivity contribution in [2.45, 2.75) is 32.7 Å². The summed E-state index contributed by atoms with van der Waals surface area (Å²) in [6, 6.07) is 0. The van der Waals surface area contributed by atoms with Crippen molar-refractivity contribution < 1.29 is 4.52 Å². The van der Waals surface area contributed by atoms with Crippen LogP contribution in [0.5, 0.6) is 0 Å². The average molecular weight is 224 g/mol. The lowest BCUT2D eigenvalue weighted by Gasteiger charge is -2.16. The third-order valence-electron chi connectivity index (χ3n) is 2.78. The number of nitrogens with zero attached hydrogens (tertiary/aromatic N) is 3. The van der Waals surface area contributed by atoms with E-state index in [-0.39, 0.29) is 0 Å². The first-order valence-corrected chi connectivity index (χ1v) is 6.13. The molecule has 0 saturated carbocycles. The molecule has 1 aromatic rings. The van der Waals surface area contributed by atoms with E-state index < -0.39 is 0 Å². The van der Waals surface area contributed by atoms with Crippen LogP contribution in [-0.4, -0.2) is 41.2 Å². The molecule has 0 bridgehead atoms. The Morgan fingerprint density at radius 3 is 3.19 bits per heavy atom. The van der Waals surface area contributed by atoms with Gasteiger partial charge in [-0.25, -0.2) is 0 Å². The maximum absolute atomic E-state index is 5.24. The molecule has 16 heavy (non-hydrogen) atoms. The molecule has 5 heteroatoms. The van der Waals surface area contributed by atoms with Crippen molar-refractivity contribution >= 4 is 0 Å². The molecule has 1 saturated heterocycles. The summed E-state index contributed by atoms with van der Waals surface area (Å²) in [5, 5.41) is 7.35. The molecule has 2 rings (SSSR count). The Morgan fingerprint density at radius 2 is 2.31 bits per heavy atom. The summed E-state index contributed by atoms with van der Waals surface area (Å²) in [6.07, 6.45) is 3.16. The van der Waals surface area contributed by atoms with Crippen LogP contribution in [0.2, 0.25) is 0 Å². The Bertz CT molecular complexity index is 305. The van der Waals surface area contributed by atoms with Gasteiger partial charge in [-0.1, -0.05) is 12.1 Å². The van der Waals surface area contributed by atoms with Gasteiger partial charge in [0.25, 0.3) is 0 Å². The highest BCUT2D eigenvalue weighted by molar-refractivity contribution is 4.86. The van der Waals surface area contributed by atoms with Gasteiger partial charge in [0.1, 0.15) is 0 Å². The number of aryl methyl sites for hydroxylation is 1. The minimum absolute atomic E-state index is 0.755. The number of aromatic nitrogens is 2. The number of rotatable bonds is 4. The lowest BCUT2D eigenvalue weighted by molar-refractivity contribution is 0.238. The topological polar surface area (TPSA) is 54.2 Å². The molecule has 0 atom stereocenters. The molecule has 1 N–H and O–H groups in total. The van der Waals surface area contributed by atoms with Crippen LogP contribution < -0.4 is 5.32 Å². The first-order chi connectivity index (χ1) is 7.88. The van der Waals surface area contributed by atoms with E-state index in [0.29, 0.717) is 0 Å². The van der Waals surface area contributed by atoms with Gasteiger partial charge in [0.2, 0.25) is 5.89 Å². The van der Waals surface area contributed by atoms with E-state index in [0.717, 1.165) is 57.3 Å². The summed E-state index contributed by atoms with van der Waals surface area (Å²) in [5.41, 5.74) is 0. The van der Waals surface area contributed by atoms with Crippen LogP contribution in [0.1, 0.15) is 31.5 Å². The molecule has 1 aliphatic rings.